The molecule has 0 spiro atoms. The summed E-state index contributed by atoms with van der Waals surface area (Å²) in [5, 5.41) is 10.5. The fraction of sp³-hybridized carbons (Fsp3) is 0.962. The van der Waals surface area contributed by atoms with Gasteiger partial charge in [-0.25, -0.2) is 0 Å². The highest BCUT2D eigenvalue weighted by atomic mass is 16.5. The van der Waals surface area contributed by atoms with Crippen molar-refractivity contribution < 1.29 is 14.6 Å². The van der Waals surface area contributed by atoms with Gasteiger partial charge in [0, 0.05) is 18.4 Å². The number of hydrogen-bond donors (Lipinski definition) is 1. The van der Waals surface area contributed by atoms with Crippen molar-refractivity contribution in [2.45, 2.75) is 110 Å². The molecule has 0 amide bonds. The predicted molar refractivity (Wildman–Crippen MR) is 118 cm³/mol. The van der Waals surface area contributed by atoms with E-state index in [9.17, 15) is 9.90 Å². The SMILES string of the molecule is CC(=O)OC1C(N2CCCCC2)C[C@H]2[C@@H]3CCC4CCC(O)C[C@]4(C)[C@@H]3CC[C@]12C. The molecule has 0 aromatic heterocycles. The number of ether oxygens (including phenoxy) is 1. The second kappa shape index (κ2) is 7.76. The number of nitrogens with zero attached hydrogens (tertiary/aromatic N) is 1. The first kappa shape index (κ1) is 21.2. The maximum absolute atomic E-state index is 12.1. The van der Waals surface area contributed by atoms with E-state index in [1.54, 1.807) is 6.92 Å². The molecule has 5 rings (SSSR count). The van der Waals surface area contributed by atoms with Crippen molar-refractivity contribution in [3.05, 3.63) is 0 Å². The van der Waals surface area contributed by atoms with Gasteiger partial charge in [-0.3, -0.25) is 9.69 Å². The van der Waals surface area contributed by atoms with E-state index >= 15 is 0 Å². The van der Waals surface area contributed by atoms with Gasteiger partial charge in [0.15, 0.2) is 0 Å². The molecule has 4 unspecified atom stereocenters. The summed E-state index contributed by atoms with van der Waals surface area (Å²) < 4.78 is 6.16. The Morgan fingerprint density at radius 2 is 1.70 bits per heavy atom. The van der Waals surface area contributed by atoms with Crippen LogP contribution < -0.4 is 0 Å². The Morgan fingerprint density at radius 1 is 0.967 bits per heavy atom. The third-order valence-corrected chi connectivity index (χ3v) is 10.7. The molecule has 1 aliphatic heterocycles. The molecule has 0 bridgehead atoms. The zero-order chi connectivity index (χ0) is 21.1. The van der Waals surface area contributed by atoms with Gasteiger partial charge >= 0.3 is 5.97 Å². The molecular formula is C26H43NO3. The quantitative estimate of drug-likeness (QED) is 0.657. The number of carbonyl (C=O) groups excluding carboxylic acids is 1. The number of carbonyl (C=O) groups is 1. The van der Waals surface area contributed by atoms with Gasteiger partial charge in [0.1, 0.15) is 6.10 Å². The molecule has 0 aromatic rings. The first-order valence-corrected chi connectivity index (χ1v) is 12.9. The number of esters is 1. The molecule has 170 valence electrons. The Morgan fingerprint density at radius 3 is 2.43 bits per heavy atom. The van der Waals surface area contributed by atoms with Crippen LogP contribution in [0.5, 0.6) is 0 Å². The van der Waals surface area contributed by atoms with Crippen LogP contribution in [0.15, 0.2) is 0 Å². The van der Waals surface area contributed by atoms with Crippen molar-refractivity contribution in [1.82, 2.24) is 4.90 Å². The van der Waals surface area contributed by atoms with Gasteiger partial charge in [-0.1, -0.05) is 20.3 Å². The Kier molecular flexibility index (Phi) is 5.50. The van der Waals surface area contributed by atoms with Crippen LogP contribution in [0.1, 0.15) is 91.4 Å². The van der Waals surface area contributed by atoms with Gasteiger partial charge in [-0.15, -0.1) is 0 Å². The van der Waals surface area contributed by atoms with E-state index in [4.69, 9.17) is 4.74 Å². The number of aliphatic hydroxyl groups is 1. The lowest BCUT2D eigenvalue weighted by atomic mass is 9.45. The van der Waals surface area contributed by atoms with Crippen LogP contribution in [0.4, 0.5) is 0 Å². The van der Waals surface area contributed by atoms with E-state index in [2.05, 4.69) is 18.7 Å². The molecule has 4 aliphatic carbocycles. The summed E-state index contributed by atoms with van der Waals surface area (Å²) in [4.78, 5) is 14.8. The Balaban J connectivity index is 1.44. The van der Waals surface area contributed by atoms with Crippen LogP contribution >= 0.6 is 0 Å². The second-order valence-corrected chi connectivity index (χ2v) is 12.1. The molecule has 0 radical (unpaired) electrons. The van der Waals surface area contributed by atoms with Crippen LogP contribution in [-0.2, 0) is 9.53 Å². The van der Waals surface area contributed by atoms with Gasteiger partial charge in [-0.2, -0.15) is 0 Å². The van der Waals surface area contributed by atoms with Crippen molar-refractivity contribution in [1.29, 1.82) is 0 Å². The molecule has 30 heavy (non-hydrogen) atoms. The molecule has 1 saturated heterocycles. The van der Waals surface area contributed by atoms with E-state index in [1.807, 2.05) is 0 Å². The number of rotatable bonds is 2. The smallest absolute Gasteiger partial charge is 0.302 e. The van der Waals surface area contributed by atoms with Crippen molar-refractivity contribution in [3.8, 4) is 0 Å². The maximum Gasteiger partial charge on any atom is 0.302 e. The highest BCUT2D eigenvalue weighted by molar-refractivity contribution is 5.66. The van der Waals surface area contributed by atoms with Crippen LogP contribution in [0.25, 0.3) is 0 Å². The van der Waals surface area contributed by atoms with Gasteiger partial charge < -0.3 is 9.84 Å². The third-order valence-electron chi connectivity index (χ3n) is 10.7. The first-order chi connectivity index (χ1) is 14.3. The molecule has 5 aliphatic rings. The fourth-order valence-corrected chi connectivity index (χ4v) is 9.28. The molecule has 4 saturated carbocycles. The monoisotopic (exact) mass is 417 g/mol. The highest BCUT2D eigenvalue weighted by Gasteiger charge is 2.64. The molecule has 9 atom stereocenters. The van der Waals surface area contributed by atoms with Crippen molar-refractivity contribution in [2.75, 3.05) is 13.1 Å². The van der Waals surface area contributed by atoms with Crippen molar-refractivity contribution >= 4 is 5.97 Å². The van der Waals surface area contributed by atoms with E-state index in [1.165, 1.54) is 70.9 Å². The number of fused-ring (bicyclic) bond motifs is 5. The van der Waals surface area contributed by atoms with Gasteiger partial charge in [0.05, 0.1) is 6.10 Å². The number of hydrogen-bond acceptors (Lipinski definition) is 4. The maximum atomic E-state index is 12.1. The van der Waals surface area contributed by atoms with Gasteiger partial charge in [-0.05, 0) is 106 Å². The average Bonchev–Trinajstić information content (AvgIpc) is 3.00. The lowest BCUT2D eigenvalue weighted by Gasteiger charge is -2.60. The lowest BCUT2D eigenvalue weighted by Crippen LogP contribution is -2.55. The minimum atomic E-state index is -0.100. The molecule has 0 aromatic carbocycles. The standard InChI is InChI=1S/C26H43NO3/c1-17(28)30-24-23(27-13-5-4-6-14-27)15-22-20-10-8-18-7-9-19(29)16-26(18,3)21(20)11-12-25(22,24)2/h18-24,29H,4-16H2,1-3H3/t18?,19?,20-,21-,22+,23?,24?,25+,26+/m1/s1. The molecule has 4 heteroatoms. The van der Waals surface area contributed by atoms with Crippen LogP contribution in [-0.4, -0.2) is 47.3 Å². The van der Waals surface area contributed by atoms with Crippen molar-refractivity contribution in [2.24, 2.45) is 34.5 Å². The topological polar surface area (TPSA) is 49.8 Å². The minimum Gasteiger partial charge on any atom is -0.460 e. The van der Waals surface area contributed by atoms with E-state index in [0.29, 0.717) is 17.4 Å². The molecule has 5 fully saturated rings. The normalized spacial score (nSPS) is 51.5. The fourth-order valence-electron chi connectivity index (χ4n) is 9.28. The zero-order valence-electron chi connectivity index (χ0n) is 19.4. The third kappa shape index (κ3) is 3.27. The summed E-state index contributed by atoms with van der Waals surface area (Å²) in [5.41, 5.74) is 0.424. The molecular weight excluding hydrogens is 374 g/mol. The van der Waals surface area contributed by atoms with Crippen molar-refractivity contribution in [3.63, 3.8) is 0 Å². The van der Waals surface area contributed by atoms with E-state index < -0.39 is 0 Å². The summed E-state index contributed by atoms with van der Waals surface area (Å²) in [5.74, 6) is 2.84. The summed E-state index contributed by atoms with van der Waals surface area (Å²) in [6.45, 7) is 8.91. The Labute approximate surface area is 183 Å². The minimum absolute atomic E-state index is 0.0570. The average molecular weight is 418 g/mol. The van der Waals surface area contributed by atoms with Gasteiger partial charge in [0.25, 0.3) is 0 Å². The predicted octanol–water partition coefficient (Wildman–Crippen LogP) is 4.79. The number of likely N-dealkylation sites (tertiary alicyclic amines) is 1. The Bertz CT molecular complexity index is 661. The van der Waals surface area contributed by atoms with Crippen LogP contribution in [0, 0.1) is 34.5 Å². The lowest BCUT2D eigenvalue weighted by molar-refractivity contribution is -0.167. The number of piperidine rings is 1. The molecule has 4 nitrogen and oxygen atoms in total. The summed E-state index contributed by atoms with van der Waals surface area (Å²) in [6.07, 6.45) is 13.4. The van der Waals surface area contributed by atoms with E-state index in [0.717, 1.165) is 30.6 Å². The largest absolute Gasteiger partial charge is 0.460 e. The van der Waals surface area contributed by atoms with Crippen LogP contribution in [0.3, 0.4) is 0 Å². The van der Waals surface area contributed by atoms with E-state index in [-0.39, 0.29) is 23.6 Å². The zero-order valence-corrected chi connectivity index (χ0v) is 19.4. The second-order valence-electron chi connectivity index (χ2n) is 12.1. The highest BCUT2D eigenvalue weighted by Crippen LogP contribution is 2.67. The summed E-state index contributed by atoms with van der Waals surface area (Å²) in [6, 6.07) is 0.408. The summed E-state index contributed by atoms with van der Waals surface area (Å²) in [7, 11) is 0. The van der Waals surface area contributed by atoms with Crippen LogP contribution in [0.2, 0.25) is 0 Å². The molecule has 1 N–H and O–H groups in total. The van der Waals surface area contributed by atoms with Gasteiger partial charge in [0.2, 0.25) is 0 Å². The molecule has 1 heterocycles. The first-order valence-electron chi connectivity index (χ1n) is 12.9. The summed E-state index contributed by atoms with van der Waals surface area (Å²) >= 11 is 0. The number of aliphatic hydroxyl groups excluding tert-OH is 1. The Hall–Kier alpha value is -0.610.